The highest BCUT2D eigenvalue weighted by molar-refractivity contribution is 7.90. The van der Waals surface area contributed by atoms with E-state index < -0.39 is 21.8 Å². The van der Waals surface area contributed by atoms with Crippen LogP contribution in [0.15, 0.2) is 49.6 Å². The van der Waals surface area contributed by atoms with Crippen LogP contribution in [-0.4, -0.2) is 126 Å². The number of hydrogen-bond donors (Lipinski definition) is 4. The van der Waals surface area contributed by atoms with Crippen molar-refractivity contribution in [3.8, 4) is 0 Å². The number of aromatic nitrogens is 10. The van der Waals surface area contributed by atoms with Crippen molar-refractivity contribution in [3.63, 3.8) is 0 Å². The molecular formula is C37H44F2N14O4S. The third kappa shape index (κ3) is 8.20. The number of sulfone groups is 1. The highest BCUT2D eigenvalue weighted by atomic mass is 32.2. The summed E-state index contributed by atoms with van der Waals surface area (Å²) in [5, 5.41) is 7.19. The maximum atomic E-state index is 13.0. The quantitative estimate of drug-likeness (QED) is 0.157. The number of fused-ring (bicyclic) bond motifs is 4. The lowest BCUT2D eigenvalue weighted by Crippen LogP contribution is -2.50. The number of anilines is 2. The minimum absolute atomic E-state index is 0.0750. The van der Waals surface area contributed by atoms with Crippen LogP contribution in [0.5, 0.6) is 0 Å². The molecule has 2 aliphatic heterocycles. The van der Waals surface area contributed by atoms with Crippen molar-refractivity contribution >= 4 is 55.4 Å². The van der Waals surface area contributed by atoms with Gasteiger partial charge in [-0.3, -0.25) is 9.59 Å². The van der Waals surface area contributed by atoms with Crippen molar-refractivity contribution in [1.82, 2.24) is 59.6 Å². The first-order valence-electron chi connectivity index (χ1n) is 19.0. The van der Waals surface area contributed by atoms with E-state index in [2.05, 4.69) is 60.3 Å². The van der Waals surface area contributed by atoms with Crippen LogP contribution in [0, 0.1) is 0 Å². The number of halogens is 2. The van der Waals surface area contributed by atoms with Crippen molar-refractivity contribution in [3.05, 3.63) is 72.6 Å². The van der Waals surface area contributed by atoms with Crippen LogP contribution in [0.4, 0.5) is 20.4 Å². The molecule has 1 fully saturated rings. The number of rotatable bonds is 10. The number of likely N-dealkylation sites (N-methyl/N-ethyl adjacent to an activating group) is 2. The lowest BCUT2D eigenvalue weighted by Gasteiger charge is -2.35. The third-order valence-electron chi connectivity index (χ3n) is 11.0. The van der Waals surface area contributed by atoms with Gasteiger partial charge in [-0.15, -0.1) is 0 Å². The summed E-state index contributed by atoms with van der Waals surface area (Å²) in [4.78, 5) is 61.4. The van der Waals surface area contributed by atoms with Crippen LogP contribution in [-0.2, 0) is 35.8 Å². The molecule has 2 atom stereocenters. The summed E-state index contributed by atoms with van der Waals surface area (Å²) in [6, 6.07) is 3.82. The summed E-state index contributed by atoms with van der Waals surface area (Å²) >= 11 is 0. The molecule has 0 bridgehead atoms. The van der Waals surface area contributed by atoms with E-state index in [9.17, 15) is 26.8 Å². The molecule has 2 amide bonds. The van der Waals surface area contributed by atoms with Gasteiger partial charge in [-0.1, -0.05) is 0 Å². The molecule has 3 aliphatic rings. The lowest BCUT2D eigenvalue weighted by molar-refractivity contribution is -0.0901. The van der Waals surface area contributed by atoms with Crippen LogP contribution in [0.25, 0.3) is 22.1 Å². The molecule has 9 rings (SSSR count). The second kappa shape index (κ2) is 15.4. The first kappa shape index (κ1) is 38.9. The average molecular weight is 819 g/mol. The van der Waals surface area contributed by atoms with Crippen molar-refractivity contribution in [2.45, 2.75) is 75.7 Å². The fraction of sp³-hybridized carbons (Fsp3) is 0.459. The van der Waals surface area contributed by atoms with Gasteiger partial charge in [-0.25, -0.2) is 47.1 Å². The summed E-state index contributed by atoms with van der Waals surface area (Å²) in [5.74, 6) is -0.129. The molecule has 1 aliphatic carbocycles. The zero-order chi connectivity index (χ0) is 40.8. The van der Waals surface area contributed by atoms with Gasteiger partial charge in [0.15, 0.2) is 0 Å². The van der Waals surface area contributed by atoms with Gasteiger partial charge in [0.2, 0.25) is 0 Å². The zero-order valence-corrected chi connectivity index (χ0v) is 33.0. The molecule has 4 N–H and O–H groups in total. The van der Waals surface area contributed by atoms with Gasteiger partial charge in [0.05, 0.1) is 16.5 Å². The molecule has 6 aromatic heterocycles. The molecule has 0 saturated heterocycles. The van der Waals surface area contributed by atoms with Crippen LogP contribution < -0.4 is 20.4 Å². The van der Waals surface area contributed by atoms with Crippen molar-refractivity contribution < 1.29 is 26.8 Å². The molecule has 8 heterocycles. The Bertz CT molecular complexity index is 2570. The number of amides is 2. The number of aryl methyl sites for hydroxylation is 2. The van der Waals surface area contributed by atoms with E-state index in [1.807, 2.05) is 47.8 Å². The summed E-state index contributed by atoms with van der Waals surface area (Å²) in [7, 11) is 0.896. The van der Waals surface area contributed by atoms with Crippen LogP contribution in [0.1, 0.15) is 58.3 Å². The SMILES string of the molecule is CN(c1ncnc2[nH]ccc12)C1CCn2cc(C(=O)NC3CC(F)(F)C3)nc2C1.CN(c1ncnc2[nH]ccc12)C1CCn2cc(C(=O)NCCS(C)(=O)=O)nc2C1. The minimum atomic E-state index is -3.12. The topological polar surface area (TPSA) is 218 Å². The molecular weight excluding hydrogens is 775 g/mol. The molecule has 21 heteroatoms. The second-order valence-corrected chi connectivity index (χ2v) is 17.4. The predicted molar refractivity (Wildman–Crippen MR) is 211 cm³/mol. The first-order chi connectivity index (χ1) is 27.7. The van der Waals surface area contributed by atoms with Crippen molar-refractivity contribution in [1.29, 1.82) is 0 Å². The highest BCUT2D eigenvalue weighted by Crippen LogP contribution is 2.37. The Morgan fingerprint density at radius 3 is 1.81 bits per heavy atom. The van der Waals surface area contributed by atoms with Gasteiger partial charge in [0.25, 0.3) is 17.7 Å². The summed E-state index contributed by atoms with van der Waals surface area (Å²) in [6.45, 7) is 1.55. The van der Waals surface area contributed by atoms with Crippen LogP contribution in [0.2, 0.25) is 0 Å². The lowest BCUT2D eigenvalue weighted by atomic mass is 9.88. The maximum Gasteiger partial charge on any atom is 0.271 e. The fourth-order valence-electron chi connectivity index (χ4n) is 7.79. The predicted octanol–water partition coefficient (Wildman–Crippen LogP) is 2.51. The summed E-state index contributed by atoms with van der Waals surface area (Å²) in [6.07, 6.45) is 13.9. The standard InChI is InChI=1S/C19H21F2N7O.C18H23N7O3S/c1-27(17-13-2-4-22-16(13)23-10-24-17)12-3-5-28-9-14(26-15(28)6-12)18(29)25-11-7-19(20,21)8-11;1-24(17-13-3-5-19-16(13)21-11-22-17)12-4-7-25-10-14(23-15(25)9-12)18(26)20-6-8-29(2,27)28/h2,4,9-12H,3,5-8H2,1H3,(H,25,29)(H,22,23,24);3,5,10-12H,4,6-9H2,1-2H3,(H,20,26)(H,19,21,22). The van der Waals surface area contributed by atoms with Crippen molar-refractivity contribution in [2.24, 2.45) is 0 Å². The van der Waals surface area contributed by atoms with Gasteiger partial charge in [0, 0.05) is 109 Å². The monoisotopic (exact) mass is 818 g/mol. The van der Waals surface area contributed by atoms with Crippen molar-refractivity contribution in [2.75, 3.05) is 42.4 Å². The normalized spacial score (nSPS) is 18.7. The van der Waals surface area contributed by atoms with Crippen LogP contribution in [0.3, 0.4) is 0 Å². The van der Waals surface area contributed by atoms with E-state index in [0.29, 0.717) is 18.5 Å². The number of imidazole rings is 2. The third-order valence-corrected chi connectivity index (χ3v) is 12.0. The number of alkyl halides is 2. The highest BCUT2D eigenvalue weighted by Gasteiger charge is 2.46. The number of aromatic amines is 2. The number of carbonyl (C=O) groups is 2. The van der Waals surface area contributed by atoms with Gasteiger partial charge >= 0.3 is 0 Å². The fourth-order valence-corrected chi connectivity index (χ4v) is 8.26. The van der Waals surface area contributed by atoms with Gasteiger partial charge < -0.3 is 39.5 Å². The second-order valence-electron chi connectivity index (χ2n) is 15.2. The smallest absolute Gasteiger partial charge is 0.271 e. The van der Waals surface area contributed by atoms with E-state index in [-0.39, 0.29) is 54.7 Å². The van der Waals surface area contributed by atoms with Gasteiger partial charge in [-0.05, 0) is 25.0 Å². The molecule has 0 radical (unpaired) electrons. The largest absolute Gasteiger partial charge is 0.356 e. The Balaban J connectivity index is 0.000000162. The molecule has 58 heavy (non-hydrogen) atoms. The molecule has 1 saturated carbocycles. The molecule has 0 aromatic carbocycles. The average Bonchev–Trinajstić information content (AvgIpc) is 4.01. The molecule has 306 valence electrons. The molecule has 6 aromatic rings. The Kier molecular flexibility index (Phi) is 10.3. The van der Waals surface area contributed by atoms with E-state index in [1.54, 1.807) is 25.0 Å². The van der Waals surface area contributed by atoms with Crippen LogP contribution >= 0.6 is 0 Å². The van der Waals surface area contributed by atoms with E-state index >= 15 is 0 Å². The zero-order valence-electron chi connectivity index (χ0n) is 32.2. The van der Waals surface area contributed by atoms with E-state index in [4.69, 9.17) is 0 Å². The Morgan fingerprint density at radius 2 is 1.33 bits per heavy atom. The summed E-state index contributed by atoms with van der Waals surface area (Å²) in [5.41, 5.74) is 2.19. The first-order valence-corrected chi connectivity index (χ1v) is 21.1. The van der Waals surface area contributed by atoms with E-state index in [0.717, 1.165) is 77.5 Å². The Hall–Kier alpha value is -5.99. The molecule has 18 nitrogen and oxygen atoms in total. The Morgan fingerprint density at radius 1 is 0.828 bits per heavy atom. The number of H-pyrrole nitrogens is 2. The Labute approximate surface area is 331 Å². The summed E-state index contributed by atoms with van der Waals surface area (Å²) < 4.78 is 52.3. The van der Waals surface area contributed by atoms with E-state index in [1.165, 1.54) is 0 Å². The number of nitrogens with zero attached hydrogens (tertiary/aromatic N) is 10. The number of hydrogen-bond acceptors (Lipinski definition) is 12. The minimum Gasteiger partial charge on any atom is -0.356 e. The number of nitrogens with one attached hydrogen (secondary N) is 4. The maximum absolute atomic E-state index is 13.0. The molecule has 0 spiro atoms. The van der Waals surface area contributed by atoms with Gasteiger partial charge in [-0.2, -0.15) is 0 Å². The molecule has 2 unspecified atom stereocenters. The van der Waals surface area contributed by atoms with Gasteiger partial charge in [0.1, 0.15) is 68.5 Å². The number of carbonyl (C=O) groups excluding carboxylic acids is 2.